The minimum absolute atomic E-state index is 0.566. The number of methoxy groups -OCH3 is 2. The molecule has 0 aliphatic rings. The molecule has 0 spiro atoms. The van der Waals surface area contributed by atoms with Gasteiger partial charge in [0.25, 0.3) is 0 Å². The zero-order chi connectivity index (χ0) is 15.2. The van der Waals surface area contributed by atoms with Crippen molar-refractivity contribution in [2.45, 2.75) is 11.4 Å². The van der Waals surface area contributed by atoms with Crippen molar-refractivity contribution < 1.29 is 9.47 Å². The van der Waals surface area contributed by atoms with E-state index in [4.69, 9.17) is 21.1 Å². The molecule has 0 saturated carbocycles. The molecule has 0 aromatic heterocycles. The van der Waals surface area contributed by atoms with Crippen molar-refractivity contribution in [1.29, 1.82) is 0 Å². The number of hydrogen-bond acceptors (Lipinski definition) is 4. The zero-order valence-corrected chi connectivity index (χ0v) is 13.8. The fourth-order valence-corrected chi connectivity index (χ4v) is 2.76. The number of rotatable bonds is 6. The van der Waals surface area contributed by atoms with E-state index in [0.717, 1.165) is 11.3 Å². The van der Waals surface area contributed by atoms with Crippen molar-refractivity contribution in [1.82, 2.24) is 0 Å². The molecule has 0 heterocycles. The van der Waals surface area contributed by atoms with Gasteiger partial charge in [-0.25, -0.2) is 0 Å². The van der Waals surface area contributed by atoms with Gasteiger partial charge in [0.05, 0.1) is 19.2 Å². The van der Waals surface area contributed by atoms with Gasteiger partial charge in [-0.3, -0.25) is 0 Å². The lowest BCUT2D eigenvalue weighted by Gasteiger charge is -2.14. The van der Waals surface area contributed by atoms with Crippen LogP contribution < -0.4 is 14.8 Å². The maximum Gasteiger partial charge on any atom is 0.179 e. The van der Waals surface area contributed by atoms with Gasteiger partial charge >= 0.3 is 0 Å². The molecule has 2 aromatic carbocycles. The molecule has 0 amide bonds. The Bertz CT molecular complexity index is 619. The average molecular weight is 324 g/mol. The first-order valence-corrected chi connectivity index (χ1v) is 8.07. The van der Waals surface area contributed by atoms with Gasteiger partial charge in [-0.05, 0) is 36.1 Å². The highest BCUT2D eigenvalue weighted by molar-refractivity contribution is 7.98. The summed E-state index contributed by atoms with van der Waals surface area (Å²) in [6.07, 6.45) is 2.06. The van der Waals surface area contributed by atoms with E-state index in [-0.39, 0.29) is 0 Å². The summed E-state index contributed by atoms with van der Waals surface area (Å²) in [6, 6.07) is 12.1. The highest BCUT2D eigenvalue weighted by Crippen LogP contribution is 2.37. The van der Waals surface area contributed by atoms with Crippen molar-refractivity contribution in [3.63, 3.8) is 0 Å². The second-order valence-electron chi connectivity index (χ2n) is 4.36. The zero-order valence-electron chi connectivity index (χ0n) is 12.3. The number of ether oxygens (including phenoxy) is 2. The second-order valence-corrected chi connectivity index (χ2v) is 5.62. The van der Waals surface area contributed by atoms with E-state index in [0.29, 0.717) is 23.1 Å². The Morgan fingerprint density at radius 2 is 1.95 bits per heavy atom. The van der Waals surface area contributed by atoms with Gasteiger partial charge in [0, 0.05) is 17.1 Å². The fraction of sp³-hybridized carbons (Fsp3) is 0.250. The molecular formula is C16H18ClNO2S. The number of nitrogens with one attached hydrogen (secondary N) is 1. The predicted octanol–water partition coefficient (Wildman–Crippen LogP) is 4.69. The molecule has 0 aliphatic carbocycles. The fourth-order valence-electron chi connectivity index (χ4n) is 2.00. The summed E-state index contributed by atoms with van der Waals surface area (Å²) in [5.41, 5.74) is 2.02. The molecule has 2 aromatic rings. The molecule has 0 unspecified atom stereocenters. The van der Waals surface area contributed by atoms with Crippen LogP contribution in [0, 0.1) is 0 Å². The van der Waals surface area contributed by atoms with Crippen LogP contribution in [0.1, 0.15) is 5.56 Å². The third-order valence-corrected chi connectivity index (χ3v) is 4.26. The molecule has 0 fully saturated rings. The van der Waals surface area contributed by atoms with Crippen molar-refractivity contribution in [2.24, 2.45) is 0 Å². The standard InChI is InChI=1S/C16H18ClNO2S/c1-19-14-8-7-11(15(17)16(14)20-2)10-18-12-5-4-6-13(9-12)21-3/h4-9,18H,10H2,1-3H3. The van der Waals surface area contributed by atoms with Gasteiger partial charge in [0.15, 0.2) is 11.5 Å². The Hall–Kier alpha value is -1.52. The molecule has 5 heteroatoms. The van der Waals surface area contributed by atoms with Crippen molar-refractivity contribution in [2.75, 3.05) is 25.8 Å². The lowest BCUT2D eigenvalue weighted by atomic mass is 10.2. The Morgan fingerprint density at radius 3 is 2.62 bits per heavy atom. The number of anilines is 1. The van der Waals surface area contributed by atoms with E-state index in [1.54, 1.807) is 26.0 Å². The Balaban J connectivity index is 2.16. The average Bonchev–Trinajstić information content (AvgIpc) is 2.53. The van der Waals surface area contributed by atoms with Gasteiger partial charge in [0.2, 0.25) is 0 Å². The van der Waals surface area contributed by atoms with E-state index in [1.165, 1.54) is 4.90 Å². The largest absolute Gasteiger partial charge is 0.493 e. The molecule has 0 bridgehead atoms. The Labute approximate surface area is 134 Å². The second kappa shape index (κ2) is 7.48. The Kier molecular flexibility index (Phi) is 5.65. The van der Waals surface area contributed by atoms with Gasteiger partial charge in [0.1, 0.15) is 0 Å². The van der Waals surface area contributed by atoms with Gasteiger partial charge in [-0.1, -0.05) is 23.7 Å². The molecule has 0 atom stereocenters. The van der Waals surface area contributed by atoms with Gasteiger partial charge in [-0.2, -0.15) is 0 Å². The summed E-state index contributed by atoms with van der Waals surface area (Å²) in [4.78, 5) is 1.22. The van der Waals surface area contributed by atoms with Crippen LogP contribution in [-0.2, 0) is 6.54 Å². The van der Waals surface area contributed by atoms with Crippen molar-refractivity contribution in [3.8, 4) is 11.5 Å². The molecule has 112 valence electrons. The molecule has 0 saturated heterocycles. The van der Waals surface area contributed by atoms with E-state index < -0.39 is 0 Å². The number of benzene rings is 2. The van der Waals surface area contributed by atoms with Crippen LogP contribution in [0.25, 0.3) is 0 Å². The first kappa shape index (κ1) is 15.9. The SMILES string of the molecule is COc1ccc(CNc2cccc(SC)c2)c(Cl)c1OC. The smallest absolute Gasteiger partial charge is 0.179 e. The molecule has 0 radical (unpaired) electrons. The molecule has 3 nitrogen and oxygen atoms in total. The lowest BCUT2D eigenvalue weighted by Crippen LogP contribution is -2.02. The van der Waals surface area contributed by atoms with E-state index in [1.807, 2.05) is 24.3 Å². The van der Waals surface area contributed by atoms with E-state index in [9.17, 15) is 0 Å². The summed E-state index contributed by atoms with van der Waals surface area (Å²) >= 11 is 8.08. The number of halogens is 1. The molecule has 0 aliphatic heterocycles. The molecule has 1 N–H and O–H groups in total. The summed E-state index contributed by atoms with van der Waals surface area (Å²) in [7, 11) is 3.18. The van der Waals surface area contributed by atoms with Crippen LogP contribution in [0.4, 0.5) is 5.69 Å². The van der Waals surface area contributed by atoms with E-state index in [2.05, 4.69) is 23.7 Å². The van der Waals surface area contributed by atoms with Crippen LogP contribution in [0.15, 0.2) is 41.3 Å². The molecule has 2 rings (SSSR count). The minimum atomic E-state index is 0.566. The van der Waals surface area contributed by atoms with Gasteiger partial charge in [-0.15, -0.1) is 11.8 Å². The summed E-state index contributed by atoms with van der Waals surface area (Å²) < 4.78 is 10.5. The van der Waals surface area contributed by atoms with Crippen molar-refractivity contribution in [3.05, 3.63) is 47.0 Å². The summed E-state index contributed by atoms with van der Waals surface area (Å²) in [5, 5.41) is 3.95. The van der Waals surface area contributed by atoms with Crippen LogP contribution >= 0.6 is 23.4 Å². The van der Waals surface area contributed by atoms with Crippen LogP contribution in [0.3, 0.4) is 0 Å². The third-order valence-electron chi connectivity index (χ3n) is 3.12. The van der Waals surface area contributed by atoms with Crippen LogP contribution in [-0.4, -0.2) is 20.5 Å². The number of thioether (sulfide) groups is 1. The van der Waals surface area contributed by atoms with E-state index >= 15 is 0 Å². The Morgan fingerprint density at radius 1 is 1.14 bits per heavy atom. The third kappa shape index (κ3) is 3.77. The minimum Gasteiger partial charge on any atom is -0.493 e. The first-order valence-electron chi connectivity index (χ1n) is 6.47. The monoisotopic (exact) mass is 323 g/mol. The molecular weight excluding hydrogens is 306 g/mol. The van der Waals surface area contributed by atoms with Crippen molar-refractivity contribution >= 4 is 29.1 Å². The lowest BCUT2D eigenvalue weighted by molar-refractivity contribution is 0.355. The topological polar surface area (TPSA) is 30.5 Å². The van der Waals surface area contributed by atoms with Crippen LogP contribution in [0.5, 0.6) is 11.5 Å². The van der Waals surface area contributed by atoms with Crippen LogP contribution in [0.2, 0.25) is 5.02 Å². The number of hydrogen-bond donors (Lipinski definition) is 1. The maximum absolute atomic E-state index is 6.37. The first-order chi connectivity index (χ1) is 10.2. The predicted molar refractivity (Wildman–Crippen MR) is 90.1 cm³/mol. The summed E-state index contributed by atoms with van der Waals surface area (Å²) in [5.74, 6) is 1.20. The highest BCUT2D eigenvalue weighted by Gasteiger charge is 2.12. The highest BCUT2D eigenvalue weighted by atomic mass is 35.5. The quantitative estimate of drug-likeness (QED) is 0.781. The molecule has 21 heavy (non-hydrogen) atoms. The van der Waals surface area contributed by atoms with Gasteiger partial charge < -0.3 is 14.8 Å². The normalized spacial score (nSPS) is 10.3. The maximum atomic E-state index is 6.37. The summed E-state index contributed by atoms with van der Waals surface area (Å²) in [6.45, 7) is 0.622.